The summed E-state index contributed by atoms with van der Waals surface area (Å²) < 4.78 is 4.43. The molecule has 0 aromatic carbocycles. The number of hydrogen-bond donors (Lipinski definition) is 1. The molecule has 0 aliphatic rings. The molecule has 0 atom stereocenters. The average Bonchev–Trinajstić information content (AvgIpc) is 2.18. The van der Waals surface area contributed by atoms with E-state index in [1.165, 1.54) is 12.8 Å². The molecule has 0 aromatic heterocycles. The van der Waals surface area contributed by atoms with Gasteiger partial charge in [0.1, 0.15) is 0 Å². The lowest BCUT2D eigenvalue weighted by Crippen LogP contribution is -2.60. The van der Waals surface area contributed by atoms with Gasteiger partial charge in [0.2, 0.25) is 0 Å². The quantitative estimate of drug-likeness (QED) is 0.531. The molecule has 78 valence electrons. The second-order valence-corrected chi connectivity index (χ2v) is 2.64. The number of carbonyl (C=O) groups excluding carboxylic acids is 1. The van der Waals surface area contributed by atoms with Crippen molar-refractivity contribution in [2.24, 2.45) is 0 Å². The highest BCUT2D eigenvalue weighted by atomic mass is 16.5. The SMILES string of the molecule is C=CC(=O)OCC.CCC([NH3+])CC. The maximum Gasteiger partial charge on any atom is 0.330 e. The van der Waals surface area contributed by atoms with Crippen molar-refractivity contribution in [1.29, 1.82) is 0 Å². The minimum Gasteiger partial charge on any atom is -0.463 e. The predicted octanol–water partition coefficient (Wildman–Crippen LogP) is 1.15. The van der Waals surface area contributed by atoms with E-state index in [1.54, 1.807) is 6.92 Å². The van der Waals surface area contributed by atoms with E-state index in [0.717, 1.165) is 6.08 Å². The average molecular weight is 188 g/mol. The maximum absolute atomic E-state index is 10.1. The second kappa shape index (κ2) is 11.2. The summed E-state index contributed by atoms with van der Waals surface area (Å²) in [5.74, 6) is -0.359. The summed E-state index contributed by atoms with van der Waals surface area (Å²) in [5, 5.41) is 0. The molecule has 0 amide bonds. The number of carbonyl (C=O) groups is 1. The van der Waals surface area contributed by atoms with Crippen molar-refractivity contribution in [2.45, 2.75) is 39.7 Å². The Morgan fingerprint density at radius 3 is 2.00 bits per heavy atom. The predicted molar refractivity (Wildman–Crippen MR) is 54.1 cm³/mol. The third-order valence-electron chi connectivity index (χ3n) is 1.61. The summed E-state index contributed by atoms with van der Waals surface area (Å²) in [6.07, 6.45) is 3.58. The smallest absolute Gasteiger partial charge is 0.330 e. The Hall–Kier alpha value is -0.830. The Bertz CT molecular complexity index is 131. The summed E-state index contributed by atoms with van der Waals surface area (Å²) in [6, 6.07) is 0.685. The van der Waals surface area contributed by atoms with Crippen LogP contribution in [-0.2, 0) is 9.53 Å². The summed E-state index contributed by atoms with van der Waals surface area (Å²) in [5.41, 5.74) is 3.88. The van der Waals surface area contributed by atoms with Crippen LogP contribution < -0.4 is 5.73 Å². The van der Waals surface area contributed by atoms with E-state index >= 15 is 0 Å². The van der Waals surface area contributed by atoms with Crippen molar-refractivity contribution in [1.82, 2.24) is 0 Å². The first-order chi connectivity index (χ1) is 6.12. The Morgan fingerprint density at radius 2 is 1.92 bits per heavy atom. The van der Waals surface area contributed by atoms with Crippen LogP contribution in [0.25, 0.3) is 0 Å². The van der Waals surface area contributed by atoms with Gasteiger partial charge in [-0.2, -0.15) is 0 Å². The topological polar surface area (TPSA) is 53.9 Å². The van der Waals surface area contributed by atoms with Gasteiger partial charge in [-0.25, -0.2) is 4.79 Å². The third-order valence-corrected chi connectivity index (χ3v) is 1.61. The fourth-order valence-electron chi connectivity index (χ4n) is 0.490. The number of hydrogen-bond acceptors (Lipinski definition) is 2. The first-order valence-electron chi connectivity index (χ1n) is 4.74. The highest BCUT2D eigenvalue weighted by Crippen LogP contribution is 1.85. The van der Waals surface area contributed by atoms with Crippen LogP contribution in [0, 0.1) is 0 Å². The minimum absolute atomic E-state index is 0.359. The zero-order valence-electron chi connectivity index (χ0n) is 9.01. The van der Waals surface area contributed by atoms with E-state index in [-0.39, 0.29) is 5.97 Å². The molecule has 0 aliphatic heterocycles. The Morgan fingerprint density at radius 1 is 1.46 bits per heavy atom. The molecule has 0 radical (unpaired) electrons. The van der Waals surface area contributed by atoms with Crippen LogP contribution in [0.3, 0.4) is 0 Å². The van der Waals surface area contributed by atoms with Gasteiger partial charge in [0.05, 0.1) is 12.6 Å². The lowest BCUT2D eigenvalue weighted by Gasteiger charge is -1.95. The molecule has 0 saturated carbocycles. The fourth-order valence-corrected chi connectivity index (χ4v) is 0.490. The van der Waals surface area contributed by atoms with Crippen LogP contribution in [0.2, 0.25) is 0 Å². The van der Waals surface area contributed by atoms with Crippen molar-refractivity contribution < 1.29 is 15.3 Å². The summed E-state index contributed by atoms with van der Waals surface area (Å²) in [7, 11) is 0. The molecule has 0 saturated heterocycles. The van der Waals surface area contributed by atoms with E-state index in [2.05, 4.69) is 30.9 Å². The summed E-state index contributed by atoms with van der Waals surface area (Å²) in [6.45, 7) is 9.71. The number of ether oxygens (including phenoxy) is 1. The molecule has 0 spiro atoms. The molecule has 0 bridgehead atoms. The van der Waals surface area contributed by atoms with E-state index in [9.17, 15) is 4.79 Å². The number of quaternary nitrogens is 1. The first kappa shape index (κ1) is 14.7. The summed E-state index contributed by atoms with van der Waals surface area (Å²) in [4.78, 5) is 10.1. The van der Waals surface area contributed by atoms with E-state index < -0.39 is 0 Å². The van der Waals surface area contributed by atoms with Crippen molar-refractivity contribution in [2.75, 3.05) is 6.61 Å². The van der Waals surface area contributed by atoms with Crippen LogP contribution in [0.1, 0.15) is 33.6 Å². The fraction of sp³-hybridized carbons (Fsp3) is 0.700. The van der Waals surface area contributed by atoms with Crippen molar-refractivity contribution in [3.63, 3.8) is 0 Å². The van der Waals surface area contributed by atoms with Crippen LogP contribution in [-0.4, -0.2) is 18.6 Å². The zero-order chi connectivity index (χ0) is 10.7. The lowest BCUT2D eigenvalue weighted by atomic mass is 10.2. The molecule has 0 rings (SSSR count). The monoisotopic (exact) mass is 188 g/mol. The molecule has 0 aliphatic carbocycles. The van der Waals surface area contributed by atoms with E-state index in [4.69, 9.17) is 0 Å². The minimum atomic E-state index is -0.359. The highest BCUT2D eigenvalue weighted by Gasteiger charge is 1.93. The lowest BCUT2D eigenvalue weighted by molar-refractivity contribution is -0.420. The molecular formula is C10H22NO2+. The molecule has 0 aromatic rings. The van der Waals surface area contributed by atoms with Crippen molar-refractivity contribution in [3.8, 4) is 0 Å². The molecule has 0 heterocycles. The zero-order valence-corrected chi connectivity index (χ0v) is 9.01. The summed E-state index contributed by atoms with van der Waals surface area (Å²) >= 11 is 0. The van der Waals surface area contributed by atoms with Gasteiger partial charge in [0.25, 0.3) is 0 Å². The normalized spacial score (nSPS) is 8.69. The van der Waals surface area contributed by atoms with E-state index in [1.807, 2.05) is 0 Å². The van der Waals surface area contributed by atoms with E-state index in [0.29, 0.717) is 12.6 Å². The van der Waals surface area contributed by atoms with Gasteiger partial charge >= 0.3 is 5.97 Å². The van der Waals surface area contributed by atoms with Crippen LogP contribution >= 0.6 is 0 Å². The van der Waals surface area contributed by atoms with Gasteiger partial charge in [-0.3, -0.25) is 0 Å². The van der Waals surface area contributed by atoms with Gasteiger partial charge in [-0.1, -0.05) is 20.4 Å². The maximum atomic E-state index is 10.1. The van der Waals surface area contributed by atoms with Gasteiger partial charge in [0.15, 0.2) is 0 Å². The van der Waals surface area contributed by atoms with Crippen LogP contribution in [0.5, 0.6) is 0 Å². The molecular weight excluding hydrogens is 166 g/mol. The van der Waals surface area contributed by atoms with Gasteiger partial charge in [0, 0.05) is 6.08 Å². The van der Waals surface area contributed by atoms with Gasteiger partial charge in [-0.05, 0) is 19.8 Å². The van der Waals surface area contributed by atoms with Crippen LogP contribution in [0.4, 0.5) is 0 Å². The Kier molecular flexibility index (Phi) is 12.6. The first-order valence-corrected chi connectivity index (χ1v) is 4.74. The number of esters is 1. The number of rotatable bonds is 4. The second-order valence-electron chi connectivity index (χ2n) is 2.64. The molecule has 3 N–H and O–H groups in total. The van der Waals surface area contributed by atoms with Gasteiger partial charge in [-0.15, -0.1) is 0 Å². The standard InChI is InChI=1S/C5H13N.C5H8O2/c1-3-5(6)4-2;1-3-5(6)7-4-2/h5H,3-4,6H2,1-2H3;3H,1,4H2,2H3/p+1. The largest absolute Gasteiger partial charge is 0.463 e. The van der Waals surface area contributed by atoms with Crippen molar-refractivity contribution >= 4 is 5.97 Å². The van der Waals surface area contributed by atoms with Gasteiger partial charge < -0.3 is 10.5 Å². The molecule has 0 unspecified atom stereocenters. The Labute approximate surface area is 81.0 Å². The van der Waals surface area contributed by atoms with Crippen LogP contribution in [0.15, 0.2) is 12.7 Å². The third kappa shape index (κ3) is 14.1. The molecule has 3 heteroatoms. The molecule has 13 heavy (non-hydrogen) atoms. The van der Waals surface area contributed by atoms with Crippen molar-refractivity contribution in [3.05, 3.63) is 12.7 Å². The highest BCUT2D eigenvalue weighted by molar-refractivity contribution is 5.81. The molecule has 0 fully saturated rings. The Balaban J connectivity index is 0. The molecule has 3 nitrogen and oxygen atoms in total.